The number of rotatable bonds is 11. The van der Waals surface area contributed by atoms with Gasteiger partial charge in [0.05, 0.1) is 12.7 Å². The lowest BCUT2D eigenvalue weighted by Gasteiger charge is -2.23. The first-order valence-electron chi connectivity index (χ1n) is 12.0. The van der Waals surface area contributed by atoms with Crippen LogP contribution in [0.3, 0.4) is 0 Å². The normalized spacial score (nSPS) is 12.0. The lowest BCUT2D eigenvalue weighted by atomic mass is 10.0. The number of imide groups is 1. The number of allylic oxidation sites excluding steroid dienone is 2. The molecule has 212 valence electrons. The molecule has 0 spiro atoms. The molecule has 0 radical (unpaired) electrons. The topological polar surface area (TPSA) is 131 Å². The molecule has 12 heteroatoms. The fourth-order valence-electron chi connectivity index (χ4n) is 3.93. The van der Waals surface area contributed by atoms with Crippen molar-refractivity contribution >= 4 is 34.3 Å². The van der Waals surface area contributed by atoms with Crippen molar-refractivity contribution in [3.8, 4) is 10.4 Å². The maximum atomic E-state index is 14.6. The third kappa shape index (κ3) is 6.77. The van der Waals surface area contributed by atoms with Crippen molar-refractivity contribution in [2.75, 3.05) is 38.9 Å². The van der Waals surface area contributed by atoms with Crippen molar-refractivity contribution in [2.45, 2.75) is 13.1 Å². The van der Waals surface area contributed by atoms with Crippen LogP contribution in [0, 0.1) is 11.6 Å². The number of anilines is 2. The molecule has 0 aliphatic heterocycles. The maximum absolute atomic E-state index is 14.6. The van der Waals surface area contributed by atoms with E-state index in [-0.39, 0.29) is 29.4 Å². The number of carbonyl (C=O) groups is 2. The molecule has 3 rings (SSSR count). The van der Waals surface area contributed by atoms with Gasteiger partial charge in [-0.1, -0.05) is 18.2 Å². The molecule has 2 aromatic carbocycles. The Bertz CT molecular complexity index is 1420. The average molecular weight is 571 g/mol. The smallest absolute Gasteiger partial charge is 0.269 e. The summed E-state index contributed by atoms with van der Waals surface area (Å²) in [6.07, 6.45) is 2.87. The largest absolute Gasteiger partial charge is 0.483 e. The molecule has 0 atom stereocenters. The van der Waals surface area contributed by atoms with Crippen LogP contribution in [0.2, 0.25) is 0 Å². The Morgan fingerprint density at radius 1 is 0.975 bits per heavy atom. The summed E-state index contributed by atoms with van der Waals surface area (Å²) >= 11 is 1.25. The molecule has 0 saturated carbocycles. The molecule has 40 heavy (non-hydrogen) atoms. The highest BCUT2D eigenvalue weighted by Crippen LogP contribution is 2.44. The van der Waals surface area contributed by atoms with Crippen molar-refractivity contribution in [1.29, 1.82) is 0 Å². The molecule has 6 N–H and O–H groups in total. The van der Waals surface area contributed by atoms with E-state index >= 15 is 0 Å². The molecule has 3 aromatic rings. The maximum Gasteiger partial charge on any atom is 0.269 e. The number of benzene rings is 2. The van der Waals surface area contributed by atoms with Gasteiger partial charge in [-0.25, -0.2) is 13.7 Å². The fraction of sp³-hybridized carbons (Fsp3) is 0.214. The summed E-state index contributed by atoms with van der Waals surface area (Å²) in [6, 6.07) is 10.7. The van der Waals surface area contributed by atoms with E-state index in [1.54, 1.807) is 24.1 Å². The van der Waals surface area contributed by atoms with Gasteiger partial charge < -0.3 is 31.7 Å². The minimum atomic E-state index is -0.723. The Morgan fingerprint density at radius 2 is 1.60 bits per heavy atom. The van der Waals surface area contributed by atoms with E-state index in [0.29, 0.717) is 29.2 Å². The summed E-state index contributed by atoms with van der Waals surface area (Å²) in [7, 11) is 6.64. The van der Waals surface area contributed by atoms with Crippen molar-refractivity contribution in [3.63, 3.8) is 0 Å². The Kier molecular flexibility index (Phi) is 9.86. The summed E-state index contributed by atoms with van der Waals surface area (Å²) in [5.41, 5.74) is 19.6. The summed E-state index contributed by atoms with van der Waals surface area (Å²) in [6.45, 7) is 0.132. The molecule has 0 unspecified atom stereocenters. The van der Waals surface area contributed by atoms with E-state index in [0.717, 1.165) is 15.3 Å². The lowest BCUT2D eigenvalue weighted by molar-refractivity contribution is -0.114. The zero-order valence-corrected chi connectivity index (χ0v) is 23.5. The summed E-state index contributed by atoms with van der Waals surface area (Å²) < 4.78 is 34.0. The first-order chi connectivity index (χ1) is 19.0. The number of carbonyl (C=O) groups excluding carboxylic acids is 2. The lowest BCUT2D eigenvalue weighted by Crippen LogP contribution is -2.34. The number of nitrogens with zero attached hydrogens (tertiary/aromatic N) is 3. The molecule has 2 amide bonds. The Balaban J connectivity index is 2.25. The van der Waals surface area contributed by atoms with Crippen LogP contribution in [0.5, 0.6) is 0 Å². The number of nitrogen functional groups attached to an aromatic ring is 1. The van der Waals surface area contributed by atoms with Gasteiger partial charge in [0.2, 0.25) is 6.41 Å². The van der Waals surface area contributed by atoms with Crippen LogP contribution in [-0.2, 0) is 22.6 Å². The van der Waals surface area contributed by atoms with Crippen LogP contribution in [0.15, 0.2) is 66.3 Å². The summed E-state index contributed by atoms with van der Waals surface area (Å²) in [5, 5.41) is 0.392. The van der Waals surface area contributed by atoms with E-state index in [4.69, 9.17) is 21.9 Å². The van der Waals surface area contributed by atoms with Crippen LogP contribution in [-0.4, -0.2) is 50.4 Å². The van der Waals surface area contributed by atoms with Crippen molar-refractivity contribution in [2.24, 2.45) is 11.5 Å². The van der Waals surface area contributed by atoms with E-state index in [9.17, 15) is 18.4 Å². The van der Waals surface area contributed by atoms with Crippen molar-refractivity contribution in [1.82, 2.24) is 9.80 Å². The molecule has 1 aromatic heterocycles. The first kappa shape index (κ1) is 30.1. The molecule has 0 bridgehead atoms. The average Bonchev–Trinajstić information content (AvgIpc) is 3.28. The summed E-state index contributed by atoms with van der Waals surface area (Å²) in [5.74, 6) is -2.34. The summed E-state index contributed by atoms with van der Waals surface area (Å²) in [4.78, 5) is 31.1. The third-order valence-electron chi connectivity index (χ3n) is 5.91. The minimum Gasteiger partial charge on any atom is -0.483 e. The van der Waals surface area contributed by atoms with Gasteiger partial charge in [0, 0.05) is 42.3 Å². The van der Waals surface area contributed by atoms with Gasteiger partial charge >= 0.3 is 0 Å². The molecular weight excluding hydrogens is 538 g/mol. The first-order valence-corrected chi connectivity index (χ1v) is 12.9. The number of methoxy groups -OCH3 is 1. The van der Waals surface area contributed by atoms with Gasteiger partial charge in [-0.05, 0) is 55.6 Å². The van der Waals surface area contributed by atoms with Gasteiger partial charge in [0.15, 0.2) is 5.88 Å². The number of nitrogens with two attached hydrogens (primary N) is 3. The Morgan fingerprint density at radius 3 is 2.15 bits per heavy atom. The van der Waals surface area contributed by atoms with Gasteiger partial charge in [0.25, 0.3) is 5.91 Å². The Labute approximate surface area is 235 Å². The number of amides is 2. The molecule has 9 nitrogen and oxygen atoms in total. The highest BCUT2D eigenvalue weighted by molar-refractivity contribution is 7.20. The van der Waals surface area contributed by atoms with Gasteiger partial charge in [-0.2, -0.15) is 0 Å². The van der Waals surface area contributed by atoms with Crippen molar-refractivity contribution < 1.29 is 23.1 Å². The number of hydrogen-bond acceptors (Lipinski definition) is 9. The number of halogens is 2. The molecule has 0 fully saturated rings. The van der Waals surface area contributed by atoms with Gasteiger partial charge in [-0.3, -0.25) is 9.59 Å². The van der Waals surface area contributed by atoms with Crippen LogP contribution < -0.4 is 22.1 Å². The van der Waals surface area contributed by atoms with Gasteiger partial charge in [0.1, 0.15) is 22.5 Å². The highest BCUT2D eigenvalue weighted by atomic mass is 32.1. The molecule has 0 saturated heterocycles. The quantitative estimate of drug-likeness (QED) is 0.137. The molecule has 0 aliphatic rings. The van der Waals surface area contributed by atoms with Crippen molar-refractivity contribution in [3.05, 3.63) is 94.6 Å². The standard InChI is InChI=1S/C28H32F2N6O3S/c1-34(2)14-20-25(27(38)36(16-37)23(32)12-13-24(33)39-4)28(40-26(20)17-8-10-18(31)11-9-17)35(3)15-19-21(29)6-5-7-22(19)30/h5-13,16H,14-15,31-33H2,1-4H3/b23-12+,24-13+. The van der Waals surface area contributed by atoms with Crippen LogP contribution in [0.1, 0.15) is 21.5 Å². The minimum absolute atomic E-state index is 0.0167. The van der Waals surface area contributed by atoms with E-state index in [2.05, 4.69) is 0 Å². The van der Waals surface area contributed by atoms with Crippen LogP contribution in [0.4, 0.5) is 19.5 Å². The second-order valence-corrected chi connectivity index (χ2v) is 10.2. The zero-order chi connectivity index (χ0) is 29.6. The van der Waals surface area contributed by atoms with E-state index in [1.807, 2.05) is 31.1 Å². The predicted molar refractivity (Wildman–Crippen MR) is 154 cm³/mol. The monoisotopic (exact) mass is 570 g/mol. The number of ether oxygens (including phenoxy) is 1. The Hall–Kier alpha value is -4.42. The predicted octanol–water partition coefficient (Wildman–Crippen LogP) is 3.82. The fourth-order valence-corrected chi connectivity index (χ4v) is 5.20. The number of thiophene rings is 1. The second kappa shape index (κ2) is 13.1. The second-order valence-electron chi connectivity index (χ2n) is 9.15. The van der Waals surface area contributed by atoms with Crippen LogP contribution in [0.25, 0.3) is 10.4 Å². The third-order valence-corrected chi connectivity index (χ3v) is 7.31. The van der Waals surface area contributed by atoms with Gasteiger partial charge in [-0.15, -0.1) is 11.3 Å². The molecule has 1 heterocycles. The zero-order valence-electron chi connectivity index (χ0n) is 22.7. The molecular formula is C28H32F2N6O3S. The number of hydrogen-bond donors (Lipinski definition) is 3. The highest BCUT2D eigenvalue weighted by Gasteiger charge is 2.31. The molecule has 0 aliphatic carbocycles. The van der Waals surface area contributed by atoms with E-state index < -0.39 is 17.5 Å². The SMILES string of the molecule is CO/C(N)=C/C=C(\N)N(C=O)C(=O)c1c(N(C)Cc2c(F)cccc2F)sc(-c2ccc(N)cc2)c1CN(C)C. The van der Waals surface area contributed by atoms with E-state index in [1.165, 1.54) is 48.8 Å². The van der Waals surface area contributed by atoms with Crippen LogP contribution >= 0.6 is 11.3 Å².